The van der Waals surface area contributed by atoms with Gasteiger partial charge in [0.05, 0.1) is 6.61 Å². The molecule has 104 valence electrons. The molecule has 0 radical (unpaired) electrons. The van der Waals surface area contributed by atoms with Crippen molar-refractivity contribution in [3.63, 3.8) is 0 Å². The standard InChI is InChI=1S/C11H19NO6/c13-5-6-8(15)9(16)10(17)11(18-6)4-2-1-3-7(14)12-11/h6,8-10,13,15-17H,1-5H2,(H,12,14)/t6-,8-,9+,10-,11+/m1/s1. The van der Waals surface area contributed by atoms with Gasteiger partial charge in [0.15, 0.2) is 5.72 Å². The minimum Gasteiger partial charge on any atom is -0.394 e. The largest absolute Gasteiger partial charge is 0.394 e. The first-order valence-electron chi connectivity index (χ1n) is 6.14. The first-order valence-corrected chi connectivity index (χ1v) is 6.14. The van der Waals surface area contributed by atoms with E-state index in [0.29, 0.717) is 25.7 Å². The molecule has 1 spiro atoms. The topological polar surface area (TPSA) is 119 Å². The lowest BCUT2D eigenvalue weighted by Gasteiger charge is -2.48. The Balaban J connectivity index is 2.26. The van der Waals surface area contributed by atoms with E-state index in [-0.39, 0.29) is 5.91 Å². The fourth-order valence-corrected chi connectivity index (χ4v) is 2.58. The van der Waals surface area contributed by atoms with E-state index in [1.165, 1.54) is 0 Å². The molecule has 18 heavy (non-hydrogen) atoms. The van der Waals surface area contributed by atoms with Gasteiger partial charge in [-0.1, -0.05) is 0 Å². The van der Waals surface area contributed by atoms with Crippen molar-refractivity contribution in [3.8, 4) is 0 Å². The summed E-state index contributed by atoms with van der Waals surface area (Å²) in [5.41, 5.74) is -1.42. The highest BCUT2D eigenvalue weighted by molar-refractivity contribution is 5.77. The quantitative estimate of drug-likeness (QED) is 0.367. The van der Waals surface area contributed by atoms with E-state index in [4.69, 9.17) is 9.84 Å². The molecular formula is C11H19NO6. The van der Waals surface area contributed by atoms with Crippen LogP contribution in [0.25, 0.3) is 0 Å². The molecule has 0 unspecified atom stereocenters. The number of amides is 1. The van der Waals surface area contributed by atoms with Crippen molar-refractivity contribution >= 4 is 5.91 Å². The van der Waals surface area contributed by atoms with Gasteiger partial charge in [-0.15, -0.1) is 0 Å². The molecule has 2 aliphatic heterocycles. The molecule has 2 rings (SSSR count). The zero-order chi connectivity index (χ0) is 13.3. The molecule has 5 N–H and O–H groups in total. The molecule has 7 nitrogen and oxygen atoms in total. The average molecular weight is 261 g/mol. The molecule has 0 aromatic carbocycles. The fraction of sp³-hybridized carbons (Fsp3) is 0.909. The van der Waals surface area contributed by atoms with Crippen molar-refractivity contribution in [3.05, 3.63) is 0 Å². The summed E-state index contributed by atoms with van der Waals surface area (Å²) in [7, 11) is 0. The van der Waals surface area contributed by atoms with Gasteiger partial charge >= 0.3 is 0 Å². The number of carbonyl (C=O) groups is 1. The van der Waals surface area contributed by atoms with Crippen LogP contribution in [0.5, 0.6) is 0 Å². The van der Waals surface area contributed by atoms with Gasteiger partial charge in [-0.05, 0) is 19.3 Å². The molecule has 0 saturated carbocycles. The number of rotatable bonds is 1. The van der Waals surface area contributed by atoms with Gasteiger partial charge in [0.1, 0.15) is 24.4 Å². The molecule has 0 aliphatic carbocycles. The number of ether oxygens (including phenoxy) is 1. The van der Waals surface area contributed by atoms with E-state index in [9.17, 15) is 20.1 Å². The van der Waals surface area contributed by atoms with Crippen LogP contribution in [0, 0.1) is 0 Å². The Bertz CT molecular complexity index is 323. The Labute approximate surface area is 104 Å². The van der Waals surface area contributed by atoms with Crippen LogP contribution in [0.2, 0.25) is 0 Å². The monoisotopic (exact) mass is 261 g/mol. The number of aliphatic hydroxyl groups excluding tert-OH is 4. The highest BCUT2D eigenvalue weighted by atomic mass is 16.6. The first kappa shape index (κ1) is 13.7. The Kier molecular flexibility index (Phi) is 3.88. The molecule has 2 saturated heterocycles. The zero-order valence-electron chi connectivity index (χ0n) is 9.95. The second-order valence-corrected chi connectivity index (χ2v) is 4.91. The summed E-state index contributed by atoms with van der Waals surface area (Å²) in [6.07, 6.45) is -3.30. The number of hydrogen-bond acceptors (Lipinski definition) is 6. The van der Waals surface area contributed by atoms with E-state index in [1.807, 2.05) is 0 Å². The van der Waals surface area contributed by atoms with Crippen molar-refractivity contribution in [2.24, 2.45) is 0 Å². The summed E-state index contributed by atoms with van der Waals surface area (Å²) < 4.78 is 5.47. The summed E-state index contributed by atoms with van der Waals surface area (Å²) in [6.45, 7) is -0.497. The predicted octanol–water partition coefficient (Wildman–Crippen LogP) is -2.15. The SMILES string of the molecule is O=C1CCCC[C@]2(N1)O[C@H](CO)[C@@H](O)[C@H](O)[C@H]2O. The lowest BCUT2D eigenvalue weighted by molar-refractivity contribution is -0.283. The fourth-order valence-electron chi connectivity index (χ4n) is 2.58. The van der Waals surface area contributed by atoms with Gasteiger partial charge in [0, 0.05) is 6.42 Å². The maximum absolute atomic E-state index is 11.6. The van der Waals surface area contributed by atoms with Crippen LogP contribution in [-0.2, 0) is 9.53 Å². The normalized spacial score (nSPS) is 45.7. The maximum Gasteiger partial charge on any atom is 0.222 e. The van der Waals surface area contributed by atoms with Crippen molar-refractivity contribution in [1.82, 2.24) is 5.32 Å². The minimum absolute atomic E-state index is 0.271. The maximum atomic E-state index is 11.6. The van der Waals surface area contributed by atoms with Crippen LogP contribution >= 0.6 is 0 Å². The summed E-state index contributed by atoms with van der Waals surface area (Å²) in [5.74, 6) is -0.271. The molecule has 0 bridgehead atoms. The summed E-state index contributed by atoms with van der Waals surface area (Å²) in [4.78, 5) is 11.6. The van der Waals surface area contributed by atoms with Crippen molar-refractivity contribution in [1.29, 1.82) is 0 Å². The first-order chi connectivity index (χ1) is 8.50. The van der Waals surface area contributed by atoms with Crippen molar-refractivity contribution in [2.45, 2.75) is 55.8 Å². The number of carbonyl (C=O) groups excluding carboxylic acids is 1. The molecule has 5 atom stereocenters. The van der Waals surface area contributed by atoms with Crippen LogP contribution < -0.4 is 5.32 Å². The Morgan fingerprint density at radius 3 is 2.67 bits per heavy atom. The molecule has 2 aliphatic rings. The third-order valence-electron chi connectivity index (χ3n) is 3.63. The molecule has 1 amide bonds. The van der Waals surface area contributed by atoms with E-state index in [1.54, 1.807) is 0 Å². The second kappa shape index (κ2) is 5.10. The van der Waals surface area contributed by atoms with Crippen LogP contribution in [0.4, 0.5) is 0 Å². The van der Waals surface area contributed by atoms with Gasteiger partial charge in [-0.25, -0.2) is 0 Å². The van der Waals surface area contributed by atoms with Gasteiger partial charge in [-0.2, -0.15) is 0 Å². The van der Waals surface area contributed by atoms with E-state index in [2.05, 4.69) is 5.32 Å². The highest BCUT2D eigenvalue weighted by Gasteiger charge is 2.54. The van der Waals surface area contributed by atoms with Crippen LogP contribution in [0.3, 0.4) is 0 Å². The molecule has 0 aromatic heterocycles. The lowest BCUT2D eigenvalue weighted by Crippen LogP contribution is -2.70. The highest BCUT2D eigenvalue weighted by Crippen LogP contribution is 2.33. The molecule has 2 heterocycles. The molecule has 7 heteroatoms. The van der Waals surface area contributed by atoms with Crippen molar-refractivity contribution in [2.75, 3.05) is 6.61 Å². The number of aliphatic hydroxyl groups is 4. The van der Waals surface area contributed by atoms with E-state index in [0.717, 1.165) is 0 Å². The van der Waals surface area contributed by atoms with Crippen LogP contribution in [0.1, 0.15) is 25.7 Å². The lowest BCUT2D eigenvalue weighted by atomic mass is 9.88. The summed E-state index contributed by atoms with van der Waals surface area (Å²) in [6, 6.07) is 0. The molecule has 0 aromatic rings. The average Bonchev–Trinajstić information content (AvgIpc) is 2.54. The van der Waals surface area contributed by atoms with Crippen LogP contribution in [0.15, 0.2) is 0 Å². The number of nitrogens with one attached hydrogen (secondary N) is 1. The molecule has 2 fully saturated rings. The van der Waals surface area contributed by atoms with Gasteiger partial charge in [-0.3, -0.25) is 4.79 Å². The van der Waals surface area contributed by atoms with Crippen molar-refractivity contribution < 1.29 is 30.0 Å². The van der Waals surface area contributed by atoms with Gasteiger partial charge in [0.2, 0.25) is 5.91 Å². The van der Waals surface area contributed by atoms with E-state index >= 15 is 0 Å². The second-order valence-electron chi connectivity index (χ2n) is 4.91. The predicted molar refractivity (Wildman–Crippen MR) is 59.3 cm³/mol. The Hall–Kier alpha value is -0.730. The summed E-state index contributed by atoms with van der Waals surface area (Å²) >= 11 is 0. The number of hydrogen-bond donors (Lipinski definition) is 5. The van der Waals surface area contributed by atoms with Gasteiger partial charge < -0.3 is 30.5 Å². The van der Waals surface area contributed by atoms with Gasteiger partial charge in [0.25, 0.3) is 0 Å². The summed E-state index contributed by atoms with van der Waals surface area (Å²) in [5, 5.41) is 41.2. The Morgan fingerprint density at radius 1 is 1.28 bits per heavy atom. The zero-order valence-corrected chi connectivity index (χ0v) is 9.95. The molecular weight excluding hydrogens is 242 g/mol. The smallest absolute Gasteiger partial charge is 0.222 e. The van der Waals surface area contributed by atoms with E-state index < -0.39 is 36.7 Å². The minimum atomic E-state index is -1.46. The van der Waals surface area contributed by atoms with Crippen LogP contribution in [-0.4, -0.2) is 63.1 Å². The third kappa shape index (κ3) is 2.24. The Morgan fingerprint density at radius 2 is 2.00 bits per heavy atom. The third-order valence-corrected chi connectivity index (χ3v) is 3.63.